The van der Waals surface area contributed by atoms with Crippen molar-refractivity contribution in [3.8, 4) is 0 Å². The van der Waals surface area contributed by atoms with Gasteiger partial charge in [0.1, 0.15) is 11.9 Å². The van der Waals surface area contributed by atoms with Gasteiger partial charge in [-0.3, -0.25) is 9.69 Å². The number of urea groups is 1. The molecule has 8 heteroatoms. The molecule has 124 valence electrons. The molecule has 3 amide bonds. The number of hydrogen-bond acceptors (Lipinski definition) is 3. The number of carbonyl (C=O) groups is 2. The van der Waals surface area contributed by atoms with Crippen LogP contribution in [-0.4, -0.2) is 60.5 Å². The molecule has 3 rings (SSSR count). The highest BCUT2D eigenvalue weighted by Crippen LogP contribution is 2.20. The number of carbonyl (C=O) groups excluding carboxylic acids is 2. The average Bonchev–Trinajstić information content (AvgIpc) is 2.74. The van der Waals surface area contributed by atoms with Gasteiger partial charge in [0.2, 0.25) is 5.91 Å². The minimum Gasteiger partial charge on any atom is -0.353 e. The van der Waals surface area contributed by atoms with Gasteiger partial charge in [-0.05, 0) is 24.6 Å². The molecular formula is C15H18ClFN4O2. The first-order valence-corrected chi connectivity index (χ1v) is 7.95. The second kappa shape index (κ2) is 6.72. The lowest BCUT2D eigenvalue weighted by molar-refractivity contribution is -0.128. The van der Waals surface area contributed by atoms with Crippen molar-refractivity contribution in [1.82, 2.24) is 15.1 Å². The molecular weight excluding hydrogens is 323 g/mol. The van der Waals surface area contributed by atoms with Gasteiger partial charge in [0.15, 0.2) is 0 Å². The molecule has 0 spiro atoms. The topological polar surface area (TPSA) is 64.7 Å². The highest BCUT2D eigenvalue weighted by Gasteiger charge is 2.34. The summed E-state index contributed by atoms with van der Waals surface area (Å²) >= 11 is 5.72. The van der Waals surface area contributed by atoms with E-state index in [0.29, 0.717) is 25.3 Å². The molecule has 0 saturated carbocycles. The molecule has 2 N–H and O–H groups in total. The number of amides is 3. The SMILES string of the molecule is O=C1NCCN2CCCN(C(=O)Nc3ccc(F)c(Cl)c3)CC12. The van der Waals surface area contributed by atoms with Crippen LogP contribution in [0.3, 0.4) is 0 Å². The molecule has 2 aliphatic heterocycles. The standard InChI is InChI=1S/C15H18ClFN4O2/c16-11-8-10(2-3-12(11)17)19-15(23)21-6-1-5-20-7-4-18-14(22)13(20)9-21/h2-3,8,13H,1,4-7,9H2,(H,18,22)(H,19,23). The first kappa shape index (κ1) is 16.0. The van der Waals surface area contributed by atoms with E-state index in [1.165, 1.54) is 18.2 Å². The van der Waals surface area contributed by atoms with Gasteiger partial charge in [-0.1, -0.05) is 11.6 Å². The molecule has 1 aromatic rings. The van der Waals surface area contributed by atoms with E-state index in [1.807, 2.05) is 0 Å². The molecule has 1 atom stereocenters. The van der Waals surface area contributed by atoms with Crippen LogP contribution in [0, 0.1) is 5.82 Å². The van der Waals surface area contributed by atoms with Crippen LogP contribution in [-0.2, 0) is 4.79 Å². The summed E-state index contributed by atoms with van der Waals surface area (Å²) in [6, 6.07) is 3.40. The van der Waals surface area contributed by atoms with Crippen molar-refractivity contribution >= 4 is 29.2 Å². The zero-order chi connectivity index (χ0) is 16.4. The van der Waals surface area contributed by atoms with E-state index in [0.717, 1.165) is 19.5 Å². The van der Waals surface area contributed by atoms with E-state index in [-0.39, 0.29) is 23.0 Å². The van der Waals surface area contributed by atoms with Crippen molar-refractivity contribution in [2.75, 3.05) is 38.0 Å². The smallest absolute Gasteiger partial charge is 0.321 e. The number of benzene rings is 1. The molecule has 2 heterocycles. The highest BCUT2D eigenvalue weighted by atomic mass is 35.5. The molecule has 1 aromatic carbocycles. The number of hydrogen-bond donors (Lipinski definition) is 2. The Morgan fingerprint density at radius 2 is 2.17 bits per heavy atom. The molecule has 0 radical (unpaired) electrons. The summed E-state index contributed by atoms with van der Waals surface area (Å²) < 4.78 is 13.2. The number of halogens is 2. The van der Waals surface area contributed by atoms with E-state index < -0.39 is 5.82 Å². The van der Waals surface area contributed by atoms with Gasteiger partial charge in [0.05, 0.1) is 5.02 Å². The van der Waals surface area contributed by atoms with Crippen molar-refractivity contribution in [2.24, 2.45) is 0 Å². The third-order valence-electron chi connectivity index (χ3n) is 4.17. The molecule has 0 aliphatic carbocycles. The summed E-state index contributed by atoms with van der Waals surface area (Å²) in [5.41, 5.74) is 0.426. The van der Waals surface area contributed by atoms with Gasteiger partial charge >= 0.3 is 6.03 Å². The monoisotopic (exact) mass is 340 g/mol. The van der Waals surface area contributed by atoms with Crippen LogP contribution in [0.5, 0.6) is 0 Å². The predicted molar refractivity (Wildman–Crippen MR) is 85.0 cm³/mol. The van der Waals surface area contributed by atoms with E-state index in [2.05, 4.69) is 15.5 Å². The fourth-order valence-electron chi connectivity index (χ4n) is 2.95. The Morgan fingerprint density at radius 3 is 2.96 bits per heavy atom. The molecule has 6 nitrogen and oxygen atoms in total. The van der Waals surface area contributed by atoms with Gasteiger partial charge in [-0.25, -0.2) is 9.18 Å². The molecule has 1 unspecified atom stereocenters. The number of piperazine rings is 1. The Morgan fingerprint density at radius 1 is 1.35 bits per heavy atom. The third kappa shape index (κ3) is 3.56. The molecule has 2 saturated heterocycles. The molecule has 2 fully saturated rings. The lowest BCUT2D eigenvalue weighted by atomic mass is 10.2. The number of rotatable bonds is 1. The molecule has 2 aliphatic rings. The maximum atomic E-state index is 13.2. The van der Waals surface area contributed by atoms with Gasteiger partial charge in [0.25, 0.3) is 0 Å². The van der Waals surface area contributed by atoms with E-state index in [9.17, 15) is 14.0 Å². The minimum atomic E-state index is -0.533. The second-order valence-corrected chi connectivity index (χ2v) is 6.11. The van der Waals surface area contributed by atoms with E-state index >= 15 is 0 Å². The van der Waals surface area contributed by atoms with Crippen molar-refractivity contribution in [3.05, 3.63) is 29.0 Å². The largest absolute Gasteiger partial charge is 0.353 e. The van der Waals surface area contributed by atoms with Crippen LogP contribution in [0.1, 0.15) is 6.42 Å². The fraction of sp³-hybridized carbons (Fsp3) is 0.467. The minimum absolute atomic E-state index is 0.0409. The first-order chi connectivity index (χ1) is 11.0. The Bertz CT molecular complexity index is 627. The van der Waals surface area contributed by atoms with Gasteiger partial charge in [0, 0.05) is 38.4 Å². The van der Waals surface area contributed by atoms with Crippen molar-refractivity contribution in [1.29, 1.82) is 0 Å². The number of nitrogens with one attached hydrogen (secondary N) is 2. The van der Waals surface area contributed by atoms with Crippen molar-refractivity contribution < 1.29 is 14.0 Å². The maximum absolute atomic E-state index is 13.2. The Balaban J connectivity index is 1.68. The lowest BCUT2D eigenvalue weighted by Gasteiger charge is -2.34. The molecule has 0 bridgehead atoms. The molecule has 23 heavy (non-hydrogen) atoms. The van der Waals surface area contributed by atoms with Crippen LogP contribution in [0.25, 0.3) is 0 Å². The Kier molecular flexibility index (Phi) is 4.68. The summed E-state index contributed by atoms with van der Waals surface area (Å²) in [5, 5.41) is 5.49. The van der Waals surface area contributed by atoms with Crippen LogP contribution in [0.15, 0.2) is 18.2 Å². The van der Waals surface area contributed by atoms with Gasteiger partial charge in [-0.15, -0.1) is 0 Å². The summed E-state index contributed by atoms with van der Waals surface area (Å²) in [7, 11) is 0. The van der Waals surface area contributed by atoms with Gasteiger partial charge < -0.3 is 15.5 Å². The third-order valence-corrected chi connectivity index (χ3v) is 4.46. The quantitative estimate of drug-likeness (QED) is 0.814. The zero-order valence-electron chi connectivity index (χ0n) is 12.5. The Labute approximate surface area is 138 Å². The zero-order valence-corrected chi connectivity index (χ0v) is 13.3. The number of nitrogens with zero attached hydrogens (tertiary/aromatic N) is 2. The molecule has 0 aromatic heterocycles. The summed E-state index contributed by atoms with van der Waals surface area (Å²) in [5.74, 6) is -0.574. The average molecular weight is 341 g/mol. The predicted octanol–water partition coefficient (Wildman–Crippen LogP) is 1.52. The number of anilines is 1. The second-order valence-electron chi connectivity index (χ2n) is 5.70. The van der Waals surface area contributed by atoms with Crippen LogP contribution >= 0.6 is 11.6 Å². The fourth-order valence-corrected chi connectivity index (χ4v) is 3.13. The van der Waals surface area contributed by atoms with Gasteiger partial charge in [-0.2, -0.15) is 0 Å². The van der Waals surface area contributed by atoms with Crippen molar-refractivity contribution in [2.45, 2.75) is 12.5 Å². The summed E-state index contributed by atoms with van der Waals surface area (Å²) in [6.07, 6.45) is 0.807. The van der Waals surface area contributed by atoms with E-state index in [4.69, 9.17) is 11.6 Å². The Hall–Kier alpha value is -1.86. The highest BCUT2D eigenvalue weighted by molar-refractivity contribution is 6.31. The van der Waals surface area contributed by atoms with Crippen LogP contribution in [0.4, 0.5) is 14.9 Å². The number of fused-ring (bicyclic) bond motifs is 1. The van der Waals surface area contributed by atoms with Crippen molar-refractivity contribution in [3.63, 3.8) is 0 Å². The summed E-state index contributed by atoms with van der Waals surface area (Å²) in [4.78, 5) is 28.2. The normalized spacial score (nSPS) is 22.1. The maximum Gasteiger partial charge on any atom is 0.321 e. The lowest BCUT2D eigenvalue weighted by Crippen LogP contribution is -2.58. The van der Waals surface area contributed by atoms with E-state index in [1.54, 1.807) is 4.90 Å². The van der Waals surface area contributed by atoms with Crippen LogP contribution in [0.2, 0.25) is 5.02 Å². The van der Waals surface area contributed by atoms with Crippen LogP contribution < -0.4 is 10.6 Å². The first-order valence-electron chi connectivity index (χ1n) is 7.57. The summed E-state index contributed by atoms with van der Waals surface area (Å²) in [6.45, 7) is 3.16.